The van der Waals surface area contributed by atoms with Crippen molar-refractivity contribution in [2.45, 2.75) is 70.0 Å². The molecule has 0 aliphatic carbocycles. The lowest BCUT2D eigenvalue weighted by molar-refractivity contribution is -0.121. The minimum Gasteiger partial charge on any atom is -0.356 e. The predicted octanol–water partition coefficient (Wildman–Crippen LogP) is 1.49. The second-order valence-corrected chi connectivity index (χ2v) is 7.18. The predicted molar refractivity (Wildman–Crippen MR) is 77.8 cm³/mol. The maximum Gasteiger partial charge on any atom is 0.220 e. The van der Waals surface area contributed by atoms with E-state index in [2.05, 4.69) is 17.3 Å². The average Bonchev–Trinajstić information content (AvgIpc) is 2.55. The summed E-state index contributed by atoms with van der Waals surface area (Å²) in [4.78, 5) is 14.3. The number of nitrogens with zero attached hydrogens (tertiary/aromatic N) is 1. The van der Waals surface area contributed by atoms with E-state index < -0.39 is 0 Å². The topological polar surface area (TPSA) is 58.4 Å². The van der Waals surface area contributed by atoms with Gasteiger partial charge in [-0.2, -0.15) is 0 Å². The van der Waals surface area contributed by atoms with Gasteiger partial charge in [-0.15, -0.1) is 0 Å². The molecule has 0 aromatic rings. The Labute approximate surface area is 117 Å². The van der Waals surface area contributed by atoms with Gasteiger partial charge in [-0.25, -0.2) is 0 Å². The van der Waals surface area contributed by atoms with Crippen LogP contribution in [0.25, 0.3) is 0 Å². The summed E-state index contributed by atoms with van der Waals surface area (Å²) in [6.07, 6.45) is 6.46. The second-order valence-electron chi connectivity index (χ2n) is 7.18. The van der Waals surface area contributed by atoms with Crippen molar-refractivity contribution >= 4 is 5.91 Å². The number of piperidine rings is 1. The Morgan fingerprint density at radius 1 is 1.32 bits per heavy atom. The third-order valence-corrected chi connectivity index (χ3v) is 4.78. The van der Waals surface area contributed by atoms with Crippen LogP contribution in [0.3, 0.4) is 0 Å². The van der Waals surface area contributed by atoms with Crippen LogP contribution in [0.15, 0.2) is 0 Å². The highest BCUT2D eigenvalue weighted by Gasteiger charge is 2.38. The molecule has 0 radical (unpaired) electrons. The standard InChI is InChI=1S/C15H29N3O/c1-15(2,16)7-6-14(19)17-10-11-8-12-4-5-13(9-11)18(12)3/h11-13H,4-10,16H2,1-3H3,(H,17,19). The molecule has 2 heterocycles. The van der Waals surface area contributed by atoms with E-state index in [4.69, 9.17) is 5.73 Å². The fourth-order valence-electron chi connectivity index (χ4n) is 3.47. The van der Waals surface area contributed by atoms with Gasteiger partial charge in [0.2, 0.25) is 5.91 Å². The molecule has 4 nitrogen and oxygen atoms in total. The van der Waals surface area contributed by atoms with Crippen molar-refractivity contribution < 1.29 is 4.79 Å². The first-order valence-electron chi connectivity index (χ1n) is 7.62. The van der Waals surface area contributed by atoms with Crippen LogP contribution in [0.4, 0.5) is 0 Å². The summed E-state index contributed by atoms with van der Waals surface area (Å²) in [5.41, 5.74) is 5.65. The first-order valence-corrected chi connectivity index (χ1v) is 7.62. The first kappa shape index (κ1) is 14.8. The molecule has 1 amide bonds. The van der Waals surface area contributed by atoms with Crippen LogP contribution < -0.4 is 11.1 Å². The van der Waals surface area contributed by atoms with Crippen molar-refractivity contribution in [1.82, 2.24) is 10.2 Å². The molecule has 3 N–H and O–H groups in total. The molecule has 2 fully saturated rings. The smallest absolute Gasteiger partial charge is 0.220 e. The molecule has 2 unspecified atom stereocenters. The van der Waals surface area contributed by atoms with Gasteiger partial charge in [0.15, 0.2) is 0 Å². The van der Waals surface area contributed by atoms with E-state index in [9.17, 15) is 4.79 Å². The number of carbonyl (C=O) groups is 1. The summed E-state index contributed by atoms with van der Waals surface area (Å²) in [6, 6.07) is 1.51. The van der Waals surface area contributed by atoms with Crippen LogP contribution in [0.5, 0.6) is 0 Å². The van der Waals surface area contributed by atoms with Crippen LogP contribution in [0.1, 0.15) is 52.4 Å². The Balaban J connectivity index is 1.68. The van der Waals surface area contributed by atoms with Crippen LogP contribution in [0, 0.1) is 5.92 Å². The van der Waals surface area contributed by atoms with E-state index in [1.807, 2.05) is 13.8 Å². The molecule has 2 rings (SSSR count). The summed E-state index contributed by atoms with van der Waals surface area (Å²) in [7, 11) is 2.25. The monoisotopic (exact) mass is 267 g/mol. The lowest BCUT2D eigenvalue weighted by Gasteiger charge is -2.36. The lowest BCUT2D eigenvalue weighted by Crippen LogP contribution is -2.43. The molecule has 0 spiro atoms. The molecule has 2 aliphatic rings. The van der Waals surface area contributed by atoms with E-state index in [0.717, 1.165) is 25.0 Å². The van der Waals surface area contributed by atoms with Crippen molar-refractivity contribution in [3.63, 3.8) is 0 Å². The Kier molecular flexibility index (Phi) is 4.51. The van der Waals surface area contributed by atoms with Gasteiger partial charge in [0.25, 0.3) is 0 Å². The number of hydrogen-bond donors (Lipinski definition) is 2. The third kappa shape index (κ3) is 4.18. The van der Waals surface area contributed by atoms with E-state index >= 15 is 0 Å². The molecule has 2 aliphatic heterocycles. The zero-order valence-electron chi connectivity index (χ0n) is 12.6. The number of hydrogen-bond acceptors (Lipinski definition) is 3. The van der Waals surface area contributed by atoms with Crippen LogP contribution in [-0.4, -0.2) is 42.0 Å². The Morgan fingerprint density at radius 3 is 2.42 bits per heavy atom. The van der Waals surface area contributed by atoms with E-state index in [1.165, 1.54) is 25.7 Å². The first-order chi connectivity index (χ1) is 8.85. The molecular weight excluding hydrogens is 238 g/mol. The highest BCUT2D eigenvalue weighted by Crippen LogP contribution is 2.36. The van der Waals surface area contributed by atoms with Crippen LogP contribution in [0.2, 0.25) is 0 Å². The van der Waals surface area contributed by atoms with E-state index in [1.54, 1.807) is 0 Å². The number of amides is 1. The summed E-state index contributed by atoms with van der Waals surface area (Å²) in [5, 5.41) is 3.10. The second kappa shape index (κ2) is 5.80. The van der Waals surface area contributed by atoms with Gasteiger partial charge in [0.1, 0.15) is 0 Å². The van der Waals surface area contributed by atoms with Gasteiger partial charge < -0.3 is 16.0 Å². The zero-order chi connectivity index (χ0) is 14.0. The van der Waals surface area contributed by atoms with Crippen molar-refractivity contribution in [1.29, 1.82) is 0 Å². The number of fused-ring (bicyclic) bond motifs is 2. The fourth-order valence-corrected chi connectivity index (χ4v) is 3.47. The van der Waals surface area contributed by atoms with Gasteiger partial charge in [0.05, 0.1) is 0 Å². The Bertz CT molecular complexity index is 310. The van der Waals surface area contributed by atoms with E-state index in [-0.39, 0.29) is 11.4 Å². The maximum absolute atomic E-state index is 11.8. The molecule has 0 aromatic heterocycles. The number of carbonyl (C=O) groups excluding carboxylic acids is 1. The van der Waals surface area contributed by atoms with E-state index in [0.29, 0.717) is 12.3 Å². The largest absolute Gasteiger partial charge is 0.356 e. The highest BCUT2D eigenvalue weighted by molar-refractivity contribution is 5.75. The minimum atomic E-state index is -0.246. The van der Waals surface area contributed by atoms with Crippen molar-refractivity contribution in [2.75, 3.05) is 13.6 Å². The summed E-state index contributed by atoms with van der Waals surface area (Å²) in [6.45, 7) is 4.79. The van der Waals surface area contributed by atoms with Gasteiger partial charge >= 0.3 is 0 Å². The minimum absolute atomic E-state index is 0.157. The van der Waals surface area contributed by atoms with Crippen LogP contribution >= 0.6 is 0 Å². The number of rotatable bonds is 5. The summed E-state index contributed by atoms with van der Waals surface area (Å²) in [5.74, 6) is 0.827. The van der Waals surface area contributed by atoms with Gasteiger partial charge in [-0.3, -0.25) is 4.79 Å². The SMILES string of the molecule is CN1C2CCC1CC(CNC(=O)CCC(C)(C)N)C2. The summed E-state index contributed by atoms with van der Waals surface area (Å²) < 4.78 is 0. The Hall–Kier alpha value is -0.610. The zero-order valence-corrected chi connectivity index (χ0v) is 12.6. The molecular formula is C15H29N3O. The molecule has 0 saturated carbocycles. The van der Waals surface area contributed by atoms with Gasteiger partial charge in [0, 0.05) is 30.6 Å². The third-order valence-electron chi connectivity index (χ3n) is 4.78. The summed E-state index contributed by atoms with van der Waals surface area (Å²) >= 11 is 0. The molecule has 2 atom stereocenters. The molecule has 2 bridgehead atoms. The average molecular weight is 267 g/mol. The number of nitrogens with two attached hydrogens (primary N) is 1. The highest BCUT2D eigenvalue weighted by atomic mass is 16.1. The lowest BCUT2D eigenvalue weighted by atomic mass is 9.91. The number of nitrogens with one attached hydrogen (secondary N) is 1. The molecule has 0 aromatic carbocycles. The van der Waals surface area contributed by atoms with Crippen molar-refractivity contribution in [2.24, 2.45) is 11.7 Å². The van der Waals surface area contributed by atoms with Crippen LogP contribution in [-0.2, 0) is 4.79 Å². The Morgan fingerprint density at radius 2 is 1.89 bits per heavy atom. The maximum atomic E-state index is 11.8. The normalized spacial score (nSPS) is 31.5. The van der Waals surface area contributed by atoms with Gasteiger partial charge in [-0.1, -0.05) is 0 Å². The van der Waals surface area contributed by atoms with Gasteiger partial charge in [-0.05, 0) is 58.9 Å². The quantitative estimate of drug-likeness (QED) is 0.793. The molecule has 19 heavy (non-hydrogen) atoms. The fraction of sp³-hybridized carbons (Fsp3) is 0.933. The van der Waals surface area contributed by atoms with Crippen molar-refractivity contribution in [3.05, 3.63) is 0 Å². The molecule has 4 heteroatoms. The molecule has 2 saturated heterocycles. The molecule has 110 valence electrons. The van der Waals surface area contributed by atoms with Crippen molar-refractivity contribution in [3.8, 4) is 0 Å².